The van der Waals surface area contributed by atoms with Crippen LogP contribution >= 0.6 is 0 Å². The van der Waals surface area contributed by atoms with Crippen molar-refractivity contribution in [2.45, 2.75) is 32.1 Å². The van der Waals surface area contributed by atoms with Crippen LogP contribution < -0.4 is 5.32 Å². The predicted molar refractivity (Wildman–Crippen MR) is 67.1 cm³/mol. The molecule has 2 amide bonds. The van der Waals surface area contributed by atoms with Crippen LogP contribution in [0, 0.1) is 11.8 Å². The molecule has 1 aliphatic carbocycles. The van der Waals surface area contributed by atoms with Crippen molar-refractivity contribution in [1.29, 1.82) is 0 Å². The van der Waals surface area contributed by atoms with Crippen molar-refractivity contribution in [3.63, 3.8) is 0 Å². The number of carbonyl (C=O) groups excluding carboxylic acids is 2. The van der Waals surface area contributed by atoms with E-state index in [4.69, 9.17) is 0 Å². The molecule has 0 aromatic rings. The van der Waals surface area contributed by atoms with E-state index in [0.717, 1.165) is 24.9 Å². The third kappa shape index (κ3) is 3.45. The number of carbonyl (C=O) groups is 2. The SMILES string of the molecule is COC(=O)NC(=O)CN1CC[C@@H]2CCCC[C@@H]2C1. The van der Waals surface area contributed by atoms with Crippen molar-refractivity contribution < 1.29 is 14.3 Å². The number of alkyl carbamates (subject to hydrolysis) is 1. The second kappa shape index (κ2) is 6.18. The Labute approximate surface area is 108 Å². The summed E-state index contributed by atoms with van der Waals surface area (Å²) in [5.74, 6) is 1.34. The molecule has 1 saturated heterocycles. The largest absolute Gasteiger partial charge is 0.453 e. The number of imide groups is 1. The monoisotopic (exact) mass is 254 g/mol. The van der Waals surface area contributed by atoms with E-state index < -0.39 is 6.09 Å². The first-order valence-electron chi connectivity index (χ1n) is 6.79. The van der Waals surface area contributed by atoms with Crippen LogP contribution in [0.1, 0.15) is 32.1 Å². The maximum Gasteiger partial charge on any atom is 0.413 e. The second-order valence-corrected chi connectivity index (χ2v) is 5.37. The number of nitrogens with one attached hydrogen (secondary N) is 1. The Morgan fingerprint density at radius 3 is 2.67 bits per heavy atom. The maximum absolute atomic E-state index is 11.6. The molecule has 0 aromatic carbocycles. The predicted octanol–water partition coefficient (Wildman–Crippen LogP) is 1.38. The second-order valence-electron chi connectivity index (χ2n) is 5.37. The summed E-state index contributed by atoms with van der Waals surface area (Å²) in [4.78, 5) is 24.7. The van der Waals surface area contributed by atoms with Gasteiger partial charge in [0, 0.05) is 6.54 Å². The average molecular weight is 254 g/mol. The number of hydrogen-bond donors (Lipinski definition) is 1. The Kier molecular flexibility index (Phi) is 4.58. The fourth-order valence-corrected chi connectivity index (χ4v) is 3.23. The molecule has 102 valence electrons. The lowest BCUT2D eigenvalue weighted by Crippen LogP contribution is -2.47. The van der Waals surface area contributed by atoms with Crippen LogP contribution in [0.25, 0.3) is 0 Å². The number of rotatable bonds is 2. The zero-order chi connectivity index (χ0) is 13.0. The van der Waals surface area contributed by atoms with Crippen molar-refractivity contribution in [1.82, 2.24) is 10.2 Å². The van der Waals surface area contributed by atoms with Crippen molar-refractivity contribution in [3.8, 4) is 0 Å². The zero-order valence-electron chi connectivity index (χ0n) is 11.0. The summed E-state index contributed by atoms with van der Waals surface area (Å²) in [6.45, 7) is 2.27. The summed E-state index contributed by atoms with van der Waals surface area (Å²) >= 11 is 0. The van der Waals surface area contributed by atoms with Gasteiger partial charge >= 0.3 is 6.09 Å². The molecule has 2 fully saturated rings. The van der Waals surface area contributed by atoms with Crippen molar-refractivity contribution >= 4 is 12.0 Å². The fraction of sp³-hybridized carbons (Fsp3) is 0.846. The number of methoxy groups -OCH3 is 1. The molecule has 1 N–H and O–H groups in total. The smallest absolute Gasteiger partial charge is 0.413 e. The molecule has 5 nitrogen and oxygen atoms in total. The maximum atomic E-state index is 11.6. The van der Waals surface area contributed by atoms with E-state index >= 15 is 0 Å². The highest BCUT2D eigenvalue weighted by Gasteiger charge is 2.31. The molecule has 5 heteroatoms. The van der Waals surface area contributed by atoms with Gasteiger partial charge in [-0.15, -0.1) is 0 Å². The minimum Gasteiger partial charge on any atom is -0.453 e. The Morgan fingerprint density at radius 2 is 1.94 bits per heavy atom. The first-order chi connectivity index (χ1) is 8.69. The first-order valence-corrected chi connectivity index (χ1v) is 6.79. The number of amides is 2. The van der Waals surface area contributed by atoms with Gasteiger partial charge in [-0.05, 0) is 31.2 Å². The van der Waals surface area contributed by atoms with E-state index in [1.54, 1.807) is 0 Å². The van der Waals surface area contributed by atoms with Crippen molar-refractivity contribution in [2.24, 2.45) is 11.8 Å². The minimum absolute atomic E-state index is 0.267. The highest BCUT2D eigenvalue weighted by Crippen LogP contribution is 2.35. The van der Waals surface area contributed by atoms with Crippen LogP contribution in [0.5, 0.6) is 0 Å². The molecule has 2 atom stereocenters. The third-order valence-electron chi connectivity index (χ3n) is 4.17. The number of hydrogen-bond acceptors (Lipinski definition) is 4. The molecule has 1 heterocycles. The Morgan fingerprint density at radius 1 is 1.22 bits per heavy atom. The highest BCUT2D eigenvalue weighted by atomic mass is 16.5. The molecule has 0 bridgehead atoms. The van der Waals surface area contributed by atoms with Gasteiger partial charge in [0.05, 0.1) is 13.7 Å². The summed E-state index contributed by atoms with van der Waals surface area (Å²) in [6.07, 6.45) is 5.85. The average Bonchev–Trinajstić information content (AvgIpc) is 2.38. The van der Waals surface area contributed by atoms with Gasteiger partial charge in [-0.3, -0.25) is 15.0 Å². The van der Waals surface area contributed by atoms with Gasteiger partial charge in [0.2, 0.25) is 5.91 Å². The van der Waals surface area contributed by atoms with Crippen LogP contribution in [0.4, 0.5) is 4.79 Å². The summed E-state index contributed by atoms with van der Waals surface area (Å²) in [5, 5.41) is 2.21. The quantitative estimate of drug-likeness (QED) is 0.809. The summed E-state index contributed by atoms with van der Waals surface area (Å²) in [7, 11) is 1.26. The Bertz CT molecular complexity index is 319. The number of nitrogens with zero attached hydrogens (tertiary/aromatic N) is 1. The molecular formula is C13H22N2O3. The fourth-order valence-electron chi connectivity index (χ4n) is 3.23. The van der Waals surface area contributed by atoms with Gasteiger partial charge in [0.1, 0.15) is 0 Å². The molecule has 0 unspecified atom stereocenters. The van der Waals surface area contributed by atoms with Crippen LogP contribution in [-0.4, -0.2) is 43.6 Å². The molecule has 2 rings (SSSR count). The lowest BCUT2D eigenvalue weighted by atomic mass is 9.75. The van der Waals surface area contributed by atoms with Crippen LogP contribution in [0.3, 0.4) is 0 Å². The topological polar surface area (TPSA) is 58.6 Å². The van der Waals surface area contributed by atoms with Gasteiger partial charge in [0.15, 0.2) is 0 Å². The van der Waals surface area contributed by atoms with E-state index in [1.807, 2.05) is 0 Å². The normalized spacial score (nSPS) is 28.3. The van der Waals surface area contributed by atoms with E-state index in [1.165, 1.54) is 39.2 Å². The van der Waals surface area contributed by atoms with E-state index in [0.29, 0.717) is 6.54 Å². The molecular weight excluding hydrogens is 232 g/mol. The van der Waals surface area contributed by atoms with Crippen LogP contribution in [-0.2, 0) is 9.53 Å². The van der Waals surface area contributed by atoms with Crippen molar-refractivity contribution in [3.05, 3.63) is 0 Å². The number of piperidine rings is 1. The Balaban J connectivity index is 1.77. The van der Waals surface area contributed by atoms with Crippen LogP contribution in [0.15, 0.2) is 0 Å². The molecule has 18 heavy (non-hydrogen) atoms. The molecule has 0 aromatic heterocycles. The van der Waals surface area contributed by atoms with Gasteiger partial charge in [-0.25, -0.2) is 4.79 Å². The summed E-state index contributed by atoms with van der Waals surface area (Å²) in [5.41, 5.74) is 0. The lowest BCUT2D eigenvalue weighted by molar-refractivity contribution is -0.122. The minimum atomic E-state index is -0.674. The number of ether oxygens (including phenoxy) is 1. The first kappa shape index (κ1) is 13.3. The number of fused-ring (bicyclic) bond motifs is 1. The van der Waals surface area contributed by atoms with Crippen LogP contribution in [0.2, 0.25) is 0 Å². The molecule has 0 spiro atoms. The summed E-state index contributed by atoms with van der Waals surface area (Å²) < 4.78 is 4.41. The van der Waals surface area contributed by atoms with E-state index in [2.05, 4.69) is 15.0 Å². The third-order valence-corrected chi connectivity index (χ3v) is 4.17. The molecule has 0 radical (unpaired) electrons. The van der Waals surface area contributed by atoms with Crippen molar-refractivity contribution in [2.75, 3.05) is 26.7 Å². The van der Waals surface area contributed by atoms with Gasteiger partial charge in [-0.2, -0.15) is 0 Å². The summed E-state index contributed by atoms with van der Waals surface area (Å²) in [6, 6.07) is 0. The van der Waals surface area contributed by atoms with Gasteiger partial charge in [0.25, 0.3) is 0 Å². The molecule has 2 aliphatic rings. The highest BCUT2D eigenvalue weighted by molar-refractivity contribution is 5.92. The Hall–Kier alpha value is -1.10. The van der Waals surface area contributed by atoms with E-state index in [-0.39, 0.29) is 5.91 Å². The molecule has 1 aliphatic heterocycles. The number of likely N-dealkylation sites (tertiary alicyclic amines) is 1. The molecule has 1 saturated carbocycles. The standard InChI is InChI=1S/C13H22N2O3/c1-18-13(17)14-12(16)9-15-7-6-10-4-2-3-5-11(10)8-15/h10-11H,2-9H2,1H3,(H,14,16,17)/t10-,11+/m0/s1. The lowest BCUT2D eigenvalue weighted by Gasteiger charge is -2.40. The zero-order valence-corrected chi connectivity index (χ0v) is 11.0. The van der Waals surface area contributed by atoms with E-state index in [9.17, 15) is 9.59 Å². The van der Waals surface area contributed by atoms with Gasteiger partial charge in [-0.1, -0.05) is 19.3 Å². The van der Waals surface area contributed by atoms with Gasteiger partial charge < -0.3 is 4.74 Å².